The van der Waals surface area contributed by atoms with Crippen LogP contribution >= 0.6 is 0 Å². The normalized spacial score (nSPS) is 11.0. The first-order chi connectivity index (χ1) is 12.0. The zero-order chi connectivity index (χ0) is 18.2. The van der Waals surface area contributed by atoms with Gasteiger partial charge in [0, 0.05) is 17.2 Å². The molecule has 0 fully saturated rings. The first-order valence-electron chi connectivity index (χ1n) is 7.77. The summed E-state index contributed by atoms with van der Waals surface area (Å²) in [6.07, 6.45) is 0.615. The van der Waals surface area contributed by atoms with Gasteiger partial charge in [0.2, 0.25) is 5.75 Å². The summed E-state index contributed by atoms with van der Waals surface area (Å²) in [6, 6.07) is 13.6. The van der Waals surface area contributed by atoms with E-state index in [0.29, 0.717) is 0 Å². The second-order valence-corrected chi connectivity index (χ2v) is 5.58. The van der Waals surface area contributed by atoms with Crippen molar-refractivity contribution in [3.63, 3.8) is 0 Å². The summed E-state index contributed by atoms with van der Waals surface area (Å²) in [5.41, 5.74) is 1.86. The van der Waals surface area contributed by atoms with Crippen LogP contribution in [-0.4, -0.2) is 16.6 Å². The minimum Gasteiger partial charge on any atom is -0.482 e. The Kier molecular flexibility index (Phi) is 6.33. The fourth-order valence-corrected chi connectivity index (χ4v) is 2.10. The SMILES string of the molecule is CC(C)=CCOc1c([C@H](O)C#Cc2ccccc2)cccc1[N+](=O)[O-]. The fourth-order valence-electron chi connectivity index (χ4n) is 2.10. The molecular weight excluding hydrogens is 318 g/mol. The van der Waals surface area contributed by atoms with Gasteiger partial charge in [0.1, 0.15) is 12.7 Å². The van der Waals surface area contributed by atoms with E-state index in [4.69, 9.17) is 4.74 Å². The molecular formula is C20H19NO4. The van der Waals surface area contributed by atoms with Crippen LogP contribution in [-0.2, 0) is 0 Å². The Labute approximate surface area is 146 Å². The molecule has 0 aromatic heterocycles. The number of hydrogen-bond donors (Lipinski definition) is 1. The highest BCUT2D eigenvalue weighted by molar-refractivity contribution is 5.54. The number of nitro groups is 1. The Bertz CT molecular complexity index is 828. The van der Waals surface area contributed by atoms with Crippen molar-refractivity contribution >= 4 is 5.69 Å². The third-order valence-corrected chi connectivity index (χ3v) is 3.36. The van der Waals surface area contributed by atoms with Crippen LogP contribution in [0.3, 0.4) is 0 Å². The molecule has 2 aromatic rings. The molecule has 25 heavy (non-hydrogen) atoms. The summed E-state index contributed by atoms with van der Waals surface area (Å²) in [6.45, 7) is 3.99. The van der Waals surface area contributed by atoms with E-state index in [9.17, 15) is 15.2 Å². The third-order valence-electron chi connectivity index (χ3n) is 3.36. The molecule has 0 unspecified atom stereocenters. The average Bonchev–Trinajstić information content (AvgIpc) is 2.60. The zero-order valence-corrected chi connectivity index (χ0v) is 14.1. The number of nitro benzene ring substituents is 1. The Morgan fingerprint density at radius 3 is 2.60 bits per heavy atom. The maximum Gasteiger partial charge on any atom is 0.311 e. The van der Waals surface area contributed by atoms with Gasteiger partial charge in [-0.25, -0.2) is 0 Å². The molecule has 0 amide bonds. The molecule has 0 saturated heterocycles. The molecule has 128 valence electrons. The lowest BCUT2D eigenvalue weighted by atomic mass is 10.1. The number of benzene rings is 2. The molecule has 0 aliphatic heterocycles. The van der Waals surface area contributed by atoms with E-state index in [2.05, 4.69) is 11.8 Å². The fraction of sp³-hybridized carbons (Fsp3) is 0.200. The number of aliphatic hydroxyl groups excluding tert-OH is 1. The van der Waals surface area contributed by atoms with Crippen molar-refractivity contribution in [3.8, 4) is 17.6 Å². The molecule has 0 bridgehead atoms. The lowest BCUT2D eigenvalue weighted by Gasteiger charge is -2.12. The summed E-state index contributed by atoms with van der Waals surface area (Å²) >= 11 is 0. The van der Waals surface area contributed by atoms with Crippen molar-refractivity contribution in [2.75, 3.05) is 6.61 Å². The van der Waals surface area contributed by atoms with E-state index < -0.39 is 11.0 Å². The van der Waals surface area contributed by atoms with Crippen LogP contribution in [0.25, 0.3) is 0 Å². The van der Waals surface area contributed by atoms with E-state index in [1.54, 1.807) is 6.07 Å². The summed E-state index contributed by atoms with van der Waals surface area (Å²) in [5.74, 6) is 5.61. The largest absolute Gasteiger partial charge is 0.482 e. The number of hydrogen-bond acceptors (Lipinski definition) is 4. The van der Waals surface area contributed by atoms with Gasteiger partial charge in [-0.1, -0.05) is 47.7 Å². The smallest absolute Gasteiger partial charge is 0.311 e. The summed E-state index contributed by atoms with van der Waals surface area (Å²) in [4.78, 5) is 10.7. The van der Waals surface area contributed by atoms with Crippen LogP contribution in [0.2, 0.25) is 0 Å². The minimum atomic E-state index is -1.19. The molecule has 0 spiro atoms. The molecule has 0 saturated carbocycles. The van der Waals surface area contributed by atoms with Gasteiger partial charge < -0.3 is 9.84 Å². The van der Waals surface area contributed by atoms with Gasteiger partial charge in [-0.05, 0) is 32.1 Å². The number of para-hydroxylation sites is 1. The van der Waals surface area contributed by atoms with Crippen LogP contribution in [0.5, 0.6) is 5.75 Å². The average molecular weight is 337 g/mol. The molecule has 0 aliphatic rings. The van der Waals surface area contributed by atoms with E-state index in [1.807, 2.05) is 50.3 Å². The number of allylic oxidation sites excluding steroid dienone is 1. The quantitative estimate of drug-likeness (QED) is 0.387. The van der Waals surface area contributed by atoms with Gasteiger partial charge in [-0.3, -0.25) is 10.1 Å². The predicted molar refractivity (Wildman–Crippen MR) is 96.3 cm³/mol. The molecule has 5 nitrogen and oxygen atoms in total. The third kappa shape index (κ3) is 5.20. The van der Waals surface area contributed by atoms with Gasteiger partial charge >= 0.3 is 5.69 Å². The first-order valence-corrected chi connectivity index (χ1v) is 7.77. The van der Waals surface area contributed by atoms with Crippen molar-refractivity contribution in [2.45, 2.75) is 20.0 Å². The van der Waals surface area contributed by atoms with Crippen molar-refractivity contribution in [2.24, 2.45) is 0 Å². The number of nitrogens with zero attached hydrogens (tertiary/aromatic N) is 1. The maximum atomic E-state index is 11.3. The Morgan fingerprint density at radius 2 is 1.96 bits per heavy atom. The number of ether oxygens (including phenoxy) is 1. The molecule has 0 radical (unpaired) electrons. The first kappa shape index (κ1) is 18.2. The van der Waals surface area contributed by atoms with E-state index in [-0.39, 0.29) is 23.6 Å². The highest BCUT2D eigenvalue weighted by atomic mass is 16.6. The molecule has 0 heterocycles. The zero-order valence-electron chi connectivity index (χ0n) is 14.1. The van der Waals surface area contributed by atoms with E-state index in [1.165, 1.54) is 12.1 Å². The molecule has 5 heteroatoms. The highest BCUT2D eigenvalue weighted by Crippen LogP contribution is 2.34. The molecule has 1 N–H and O–H groups in total. The van der Waals surface area contributed by atoms with Gasteiger partial charge in [-0.15, -0.1) is 0 Å². The summed E-state index contributed by atoms with van der Waals surface area (Å²) in [7, 11) is 0. The van der Waals surface area contributed by atoms with Crippen LogP contribution in [0.15, 0.2) is 60.2 Å². The van der Waals surface area contributed by atoms with Crippen molar-refractivity contribution < 1.29 is 14.8 Å². The second kappa shape index (κ2) is 8.67. The predicted octanol–water partition coefficient (Wildman–Crippen LogP) is 4.02. The van der Waals surface area contributed by atoms with Gasteiger partial charge in [-0.2, -0.15) is 0 Å². The Balaban J connectivity index is 2.35. The molecule has 2 aromatic carbocycles. The van der Waals surface area contributed by atoms with Crippen molar-refractivity contribution in [1.29, 1.82) is 0 Å². The topological polar surface area (TPSA) is 72.6 Å². The minimum absolute atomic E-state index is 0.0415. The van der Waals surface area contributed by atoms with Crippen LogP contribution < -0.4 is 4.74 Å². The summed E-state index contributed by atoms with van der Waals surface area (Å²) in [5, 5.41) is 21.7. The van der Waals surface area contributed by atoms with Gasteiger partial charge in [0.15, 0.2) is 0 Å². The standard InChI is InChI=1S/C20H19NO4/c1-15(2)13-14-25-20-17(9-6-10-18(20)21(23)24)19(22)12-11-16-7-4-3-5-8-16/h3-10,13,19,22H,14H2,1-2H3/t19-/m1/s1. The number of aliphatic hydroxyl groups is 1. The van der Waals surface area contributed by atoms with Crippen LogP contribution in [0.1, 0.15) is 31.1 Å². The number of rotatable bonds is 5. The molecule has 2 rings (SSSR count). The van der Waals surface area contributed by atoms with Crippen LogP contribution in [0, 0.1) is 22.0 Å². The van der Waals surface area contributed by atoms with E-state index in [0.717, 1.165) is 11.1 Å². The monoisotopic (exact) mass is 337 g/mol. The van der Waals surface area contributed by atoms with Crippen LogP contribution in [0.4, 0.5) is 5.69 Å². The van der Waals surface area contributed by atoms with E-state index >= 15 is 0 Å². The maximum absolute atomic E-state index is 11.3. The molecule has 1 atom stereocenters. The van der Waals surface area contributed by atoms with Crippen molar-refractivity contribution in [3.05, 3.63) is 81.4 Å². The summed E-state index contributed by atoms with van der Waals surface area (Å²) < 4.78 is 5.57. The lowest BCUT2D eigenvalue weighted by molar-refractivity contribution is -0.385. The Hall–Kier alpha value is -3.10. The van der Waals surface area contributed by atoms with Crippen molar-refractivity contribution in [1.82, 2.24) is 0 Å². The molecule has 0 aliphatic carbocycles. The Morgan fingerprint density at radius 1 is 1.24 bits per heavy atom. The second-order valence-electron chi connectivity index (χ2n) is 5.58. The van der Waals surface area contributed by atoms with Gasteiger partial charge in [0.25, 0.3) is 0 Å². The highest BCUT2D eigenvalue weighted by Gasteiger charge is 2.22. The lowest BCUT2D eigenvalue weighted by Crippen LogP contribution is -2.05. The van der Waals surface area contributed by atoms with Gasteiger partial charge in [0.05, 0.1) is 4.92 Å².